The van der Waals surface area contributed by atoms with Gasteiger partial charge in [0.25, 0.3) is 11.7 Å². The van der Waals surface area contributed by atoms with Crippen LogP contribution in [-0.2, 0) is 9.59 Å². The van der Waals surface area contributed by atoms with Crippen LogP contribution >= 0.6 is 11.6 Å². The van der Waals surface area contributed by atoms with E-state index in [0.29, 0.717) is 39.8 Å². The molecule has 2 N–H and O–H groups in total. The number of phenolic OH excluding ortho intramolecular Hbond substituents is 1. The Morgan fingerprint density at radius 2 is 1.81 bits per heavy atom. The van der Waals surface area contributed by atoms with Gasteiger partial charge in [-0.3, -0.25) is 14.5 Å². The normalized spacial score (nSPS) is 16.9. The molecule has 7 nitrogen and oxygen atoms in total. The molecule has 3 aromatic rings. The van der Waals surface area contributed by atoms with Crippen LogP contribution in [0.3, 0.4) is 0 Å². The Labute approximate surface area is 214 Å². The third-order valence-corrected chi connectivity index (χ3v) is 6.62. The lowest BCUT2D eigenvalue weighted by Crippen LogP contribution is -2.30. The van der Waals surface area contributed by atoms with Crippen LogP contribution in [0.25, 0.3) is 5.76 Å². The van der Waals surface area contributed by atoms with E-state index in [1.165, 1.54) is 11.0 Å². The Kier molecular flexibility index (Phi) is 6.95. The lowest BCUT2D eigenvalue weighted by molar-refractivity contribution is -0.132. The molecule has 1 aliphatic heterocycles. The van der Waals surface area contributed by atoms with Crippen molar-refractivity contribution < 1.29 is 29.3 Å². The van der Waals surface area contributed by atoms with E-state index in [1.807, 2.05) is 6.92 Å². The molecule has 0 aromatic heterocycles. The highest BCUT2D eigenvalue weighted by atomic mass is 35.5. The maximum Gasteiger partial charge on any atom is 0.300 e. The number of ketones is 1. The highest BCUT2D eigenvalue weighted by Crippen LogP contribution is 2.45. The fourth-order valence-electron chi connectivity index (χ4n) is 4.41. The van der Waals surface area contributed by atoms with Crippen LogP contribution in [0.4, 0.5) is 5.69 Å². The van der Waals surface area contributed by atoms with Gasteiger partial charge in [-0.25, -0.2) is 0 Å². The number of methoxy groups -OCH3 is 1. The van der Waals surface area contributed by atoms with Crippen LogP contribution < -0.4 is 14.4 Å². The topological polar surface area (TPSA) is 96.3 Å². The van der Waals surface area contributed by atoms with Crippen LogP contribution in [0.2, 0.25) is 5.02 Å². The van der Waals surface area contributed by atoms with Crippen LogP contribution in [0, 0.1) is 13.8 Å². The Morgan fingerprint density at radius 1 is 1.06 bits per heavy atom. The number of aryl methyl sites for hydroxylation is 1. The molecule has 0 spiro atoms. The van der Waals surface area contributed by atoms with Gasteiger partial charge in [0.15, 0.2) is 11.5 Å². The molecule has 0 radical (unpaired) electrons. The number of carbonyl (C=O) groups excluding carboxylic acids is 2. The van der Waals surface area contributed by atoms with E-state index in [1.54, 1.807) is 69.5 Å². The second-order valence-electron chi connectivity index (χ2n) is 8.40. The predicted octanol–water partition coefficient (Wildman–Crippen LogP) is 5.70. The van der Waals surface area contributed by atoms with Gasteiger partial charge < -0.3 is 19.7 Å². The van der Waals surface area contributed by atoms with E-state index in [9.17, 15) is 19.8 Å². The molecular weight excluding hydrogens is 482 g/mol. The fourth-order valence-corrected chi connectivity index (χ4v) is 4.58. The van der Waals surface area contributed by atoms with Crippen LogP contribution in [0.15, 0.2) is 60.2 Å². The molecule has 1 fully saturated rings. The summed E-state index contributed by atoms with van der Waals surface area (Å²) in [4.78, 5) is 28.2. The number of rotatable bonds is 6. The molecule has 186 valence electrons. The second-order valence-corrected chi connectivity index (χ2v) is 8.80. The molecule has 1 heterocycles. The highest BCUT2D eigenvalue weighted by molar-refractivity contribution is 6.52. The van der Waals surface area contributed by atoms with Gasteiger partial charge >= 0.3 is 0 Å². The van der Waals surface area contributed by atoms with Gasteiger partial charge in [0.1, 0.15) is 11.5 Å². The van der Waals surface area contributed by atoms with Gasteiger partial charge in [0.2, 0.25) is 0 Å². The van der Waals surface area contributed by atoms with Gasteiger partial charge in [-0.2, -0.15) is 0 Å². The van der Waals surface area contributed by atoms with Crippen LogP contribution in [0.1, 0.15) is 35.2 Å². The monoisotopic (exact) mass is 507 g/mol. The molecule has 1 saturated heterocycles. The first-order valence-corrected chi connectivity index (χ1v) is 11.7. The number of hydrogen-bond acceptors (Lipinski definition) is 6. The third kappa shape index (κ3) is 4.27. The molecule has 8 heteroatoms. The van der Waals surface area contributed by atoms with E-state index in [0.717, 1.165) is 5.56 Å². The summed E-state index contributed by atoms with van der Waals surface area (Å²) in [5, 5.41) is 22.1. The minimum Gasteiger partial charge on any atom is -0.507 e. The molecular formula is C28H26ClNO6. The number of amides is 1. The van der Waals surface area contributed by atoms with Gasteiger partial charge in [0.05, 0.1) is 25.3 Å². The number of Topliss-reactive ketones (excluding diaryl/α,β-unsaturated/α-hetero) is 1. The van der Waals surface area contributed by atoms with Crippen molar-refractivity contribution in [2.24, 2.45) is 0 Å². The number of anilines is 1. The second kappa shape index (κ2) is 9.95. The minimum atomic E-state index is -0.996. The number of nitrogens with zero attached hydrogens (tertiary/aromatic N) is 1. The van der Waals surface area contributed by atoms with E-state index in [2.05, 4.69) is 0 Å². The summed E-state index contributed by atoms with van der Waals surface area (Å²) in [7, 11) is 1.54. The van der Waals surface area contributed by atoms with E-state index < -0.39 is 17.7 Å². The predicted molar refractivity (Wildman–Crippen MR) is 138 cm³/mol. The number of carbonyl (C=O) groups is 2. The van der Waals surface area contributed by atoms with Crippen molar-refractivity contribution in [3.05, 3.63) is 87.4 Å². The molecule has 1 aliphatic rings. The van der Waals surface area contributed by atoms with Crippen molar-refractivity contribution >= 4 is 34.7 Å². The Morgan fingerprint density at radius 3 is 2.47 bits per heavy atom. The number of aliphatic hydroxyl groups is 1. The van der Waals surface area contributed by atoms with Crippen molar-refractivity contribution in [3.8, 4) is 17.2 Å². The van der Waals surface area contributed by atoms with Crippen molar-refractivity contribution in [2.45, 2.75) is 26.8 Å². The first kappa shape index (κ1) is 25.1. The zero-order chi connectivity index (χ0) is 26.1. The average Bonchev–Trinajstić information content (AvgIpc) is 3.12. The number of ether oxygens (including phenoxy) is 2. The standard InChI is InChI=1S/C28H26ClNO6/c1-5-36-23-14-17(9-11-21(23)31)25-24(26(32)18-10-12-22(35-4)15(2)13-18)27(33)28(34)30(25)20-8-6-7-19(29)16(20)3/h6-14,25,31-32H,5H2,1-4H3/b26-24+. The lowest BCUT2D eigenvalue weighted by atomic mass is 9.94. The number of aliphatic hydroxyl groups excluding tert-OH is 1. The number of aromatic hydroxyl groups is 1. The Bertz CT molecular complexity index is 1400. The van der Waals surface area contributed by atoms with E-state index >= 15 is 0 Å². The maximum absolute atomic E-state index is 13.4. The summed E-state index contributed by atoms with van der Waals surface area (Å²) < 4.78 is 10.8. The summed E-state index contributed by atoms with van der Waals surface area (Å²) in [5.41, 5.74) is 2.55. The van der Waals surface area contributed by atoms with Crippen molar-refractivity contribution in [1.82, 2.24) is 0 Å². The summed E-state index contributed by atoms with van der Waals surface area (Å²) in [6, 6.07) is 13.7. The van der Waals surface area contributed by atoms with E-state index in [4.69, 9.17) is 21.1 Å². The van der Waals surface area contributed by atoms with Crippen LogP contribution in [-0.4, -0.2) is 35.6 Å². The lowest BCUT2D eigenvalue weighted by Gasteiger charge is -2.27. The molecule has 3 aromatic carbocycles. The number of phenols is 1. The number of benzene rings is 3. The SMILES string of the molecule is CCOc1cc(C2/C(=C(\O)c3ccc(OC)c(C)c3)C(=O)C(=O)N2c2cccc(Cl)c2C)ccc1O. The van der Waals surface area contributed by atoms with Crippen molar-refractivity contribution in [3.63, 3.8) is 0 Å². The van der Waals surface area contributed by atoms with Gasteiger partial charge in [-0.15, -0.1) is 0 Å². The zero-order valence-corrected chi connectivity index (χ0v) is 21.1. The molecule has 0 saturated carbocycles. The van der Waals surface area contributed by atoms with Crippen molar-refractivity contribution in [2.75, 3.05) is 18.6 Å². The number of hydrogen-bond donors (Lipinski definition) is 2. The van der Waals surface area contributed by atoms with Gasteiger partial charge in [-0.05, 0) is 79.9 Å². The molecule has 36 heavy (non-hydrogen) atoms. The molecule has 1 amide bonds. The Balaban J connectivity index is 1.99. The quantitative estimate of drug-likeness (QED) is 0.252. The van der Waals surface area contributed by atoms with Gasteiger partial charge in [-0.1, -0.05) is 23.7 Å². The van der Waals surface area contributed by atoms with Crippen LogP contribution in [0.5, 0.6) is 17.2 Å². The summed E-state index contributed by atoms with van der Waals surface area (Å²) in [5.74, 6) is -1.22. The third-order valence-electron chi connectivity index (χ3n) is 6.21. The first-order chi connectivity index (χ1) is 17.2. The molecule has 0 aliphatic carbocycles. The van der Waals surface area contributed by atoms with Gasteiger partial charge in [0, 0.05) is 16.3 Å². The minimum absolute atomic E-state index is 0.0812. The molecule has 1 unspecified atom stereocenters. The smallest absolute Gasteiger partial charge is 0.300 e. The highest BCUT2D eigenvalue weighted by Gasteiger charge is 2.47. The Hall–Kier alpha value is -3.97. The summed E-state index contributed by atoms with van der Waals surface area (Å²) in [6.45, 7) is 5.65. The average molecular weight is 508 g/mol. The van der Waals surface area contributed by atoms with E-state index in [-0.39, 0.29) is 22.8 Å². The summed E-state index contributed by atoms with van der Waals surface area (Å²) in [6.07, 6.45) is 0. The fraction of sp³-hybridized carbons (Fsp3) is 0.214. The first-order valence-electron chi connectivity index (χ1n) is 11.4. The molecule has 0 bridgehead atoms. The number of halogens is 1. The summed E-state index contributed by atoms with van der Waals surface area (Å²) >= 11 is 6.35. The largest absolute Gasteiger partial charge is 0.507 e. The molecule has 4 rings (SSSR count). The zero-order valence-electron chi connectivity index (χ0n) is 20.3. The maximum atomic E-state index is 13.4. The molecule has 1 atom stereocenters. The van der Waals surface area contributed by atoms with Crippen molar-refractivity contribution in [1.29, 1.82) is 0 Å².